The van der Waals surface area contributed by atoms with Crippen LogP contribution in [0.5, 0.6) is 5.75 Å². The first-order valence-corrected chi connectivity index (χ1v) is 10.7. The number of benzene rings is 3. The SMILES string of the molecule is CC(C)Oc1ccc(C(=O)NC(=S)Nc2ccc3oc(-c4ccc(Cl)cc4)nc3c2)cc1. The second kappa shape index (κ2) is 9.38. The number of rotatable bonds is 5. The minimum absolute atomic E-state index is 0.0655. The van der Waals surface area contributed by atoms with Gasteiger partial charge in [0.25, 0.3) is 5.91 Å². The van der Waals surface area contributed by atoms with Crippen LogP contribution in [0.2, 0.25) is 5.02 Å². The summed E-state index contributed by atoms with van der Waals surface area (Å²) in [5.74, 6) is 0.886. The summed E-state index contributed by atoms with van der Waals surface area (Å²) < 4.78 is 11.4. The first kappa shape index (κ1) is 21.8. The van der Waals surface area contributed by atoms with Crippen LogP contribution in [-0.2, 0) is 0 Å². The monoisotopic (exact) mass is 465 g/mol. The summed E-state index contributed by atoms with van der Waals surface area (Å²) in [6, 6.07) is 19.5. The molecular weight excluding hydrogens is 446 g/mol. The lowest BCUT2D eigenvalue weighted by molar-refractivity contribution is 0.0977. The number of carbonyl (C=O) groups excluding carboxylic acids is 1. The summed E-state index contributed by atoms with van der Waals surface area (Å²) in [7, 11) is 0. The largest absolute Gasteiger partial charge is 0.491 e. The lowest BCUT2D eigenvalue weighted by Crippen LogP contribution is -2.34. The number of aromatic nitrogens is 1. The molecule has 0 aliphatic carbocycles. The van der Waals surface area contributed by atoms with Gasteiger partial charge in [-0.3, -0.25) is 10.1 Å². The predicted octanol–water partition coefficient (Wildman–Crippen LogP) is 6.06. The van der Waals surface area contributed by atoms with Crippen LogP contribution in [0.1, 0.15) is 24.2 Å². The van der Waals surface area contributed by atoms with Gasteiger partial charge < -0.3 is 14.5 Å². The molecule has 0 aliphatic heterocycles. The van der Waals surface area contributed by atoms with E-state index in [0.717, 1.165) is 5.56 Å². The van der Waals surface area contributed by atoms with E-state index < -0.39 is 0 Å². The quantitative estimate of drug-likeness (QED) is 0.349. The number of nitrogens with one attached hydrogen (secondary N) is 2. The molecule has 0 saturated heterocycles. The van der Waals surface area contributed by atoms with Gasteiger partial charge in [0.2, 0.25) is 5.89 Å². The molecule has 6 nitrogen and oxygen atoms in total. The maximum Gasteiger partial charge on any atom is 0.257 e. The highest BCUT2D eigenvalue weighted by Crippen LogP contribution is 2.27. The number of amides is 1. The predicted molar refractivity (Wildman–Crippen MR) is 130 cm³/mol. The van der Waals surface area contributed by atoms with Gasteiger partial charge in [0.15, 0.2) is 10.7 Å². The van der Waals surface area contributed by atoms with Crippen molar-refractivity contribution < 1.29 is 13.9 Å². The number of hydrogen-bond acceptors (Lipinski definition) is 5. The van der Waals surface area contributed by atoms with E-state index in [0.29, 0.717) is 39.0 Å². The van der Waals surface area contributed by atoms with Crippen LogP contribution in [0, 0.1) is 0 Å². The molecule has 0 unspecified atom stereocenters. The first-order valence-electron chi connectivity index (χ1n) is 9.93. The van der Waals surface area contributed by atoms with E-state index >= 15 is 0 Å². The van der Waals surface area contributed by atoms with E-state index in [9.17, 15) is 4.79 Å². The van der Waals surface area contributed by atoms with Crippen molar-refractivity contribution in [3.05, 3.63) is 77.3 Å². The number of oxazole rings is 1. The van der Waals surface area contributed by atoms with Gasteiger partial charge in [-0.05, 0) is 92.8 Å². The molecular formula is C24H20ClN3O3S. The third-order valence-electron chi connectivity index (χ3n) is 4.45. The number of nitrogens with zero attached hydrogens (tertiary/aromatic N) is 1. The zero-order valence-electron chi connectivity index (χ0n) is 17.4. The molecule has 4 aromatic rings. The standard InChI is InChI=1S/C24H20ClN3O3S/c1-14(2)30-19-10-5-15(6-11-19)22(29)28-24(32)26-18-9-12-21-20(13-18)27-23(31-21)16-3-7-17(25)8-4-16/h3-14H,1-2H3,(H2,26,28,29,32). The molecule has 0 saturated carbocycles. The average molecular weight is 466 g/mol. The lowest BCUT2D eigenvalue weighted by atomic mass is 10.2. The summed E-state index contributed by atoms with van der Waals surface area (Å²) >= 11 is 11.2. The van der Waals surface area contributed by atoms with Gasteiger partial charge in [0, 0.05) is 21.8 Å². The van der Waals surface area contributed by atoms with Crippen LogP contribution in [0.15, 0.2) is 71.1 Å². The molecule has 8 heteroatoms. The van der Waals surface area contributed by atoms with Crippen molar-refractivity contribution in [3.8, 4) is 17.2 Å². The molecule has 0 aliphatic rings. The summed E-state index contributed by atoms with van der Waals surface area (Å²) in [4.78, 5) is 17.0. The van der Waals surface area contributed by atoms with Gasteiger partial charge in [-0.25, -0.2) is 4.98 Å². The Balaban J connectivity index is 1.41. The summed E-state index contributed by atoms with van der Waals surface area (Å²) in [5, 5.41) is 6.50. The van der Waals surface area contributed by atoms with Crippen molar-refractivity contribution in [2.24, 2.45) is 0 Å². The van der Waals surface area contributed by atoms with E-state index in [1.807, 2.05) is 26.0 Å². The van der Waals surface area contributed by atoms with Gasteiger partial charge in [-0.2, -0.15) is 0 Å². The van der Waals surface area contributed by atoms with Crippen LogP contribution in [-0.4, -0.2) is 22.1 Å². The van der Waals surface area contributed by atoms with Crippen molar-refractivity contribution in [2.45, 2.75) is 20.0 Å². The Morgan fingerprint density at radius 2 is 1.78 bits per heavy atom. The van der Waals surface area contributed by atoms with Crippen molar-refractivity contribution in [1.82, 2.24) is 10.3 Å². The van der Waals surface area contributed by atoms with E-state index in [-0.39, 0.29) is 17.1 Å². The third-order valence-corrected chi connectivity index (χ3v) is 4.91. The molecule has 3 aromatic carbocycles. The molecule has 1 heterocycles. The Labute approximate surface area is 195 Å². The van der Waals surface area contributed by atoms with E-state index in [4.69, 9.17) is 33.0 Å². The highest BCUT2D eigenvalue weighted by Gasteiger charge is 2.11. The lowest BCUT2D eigenvalue weighted by Gasteiger charge is -2.11. The topological polar surface area (TPSA) is 76.4 Å². The number of ether oxygens (including phenoxy) is 1. The summed E-state index contributed by atoms with van der Waals surface area (Å²) in [6.45, 7) is 3.89. The molecule has 0 spiro atoms. The van der Waals surface area contributed by atoms with E-state index in [1.165, 1.54) is 0 Å². The molecule has 0 radical (unpaired) electrons. The number of hydrogen-bond donors (Lipinski definition) is 2. The zero-order chi connectivity index (χ0) is 22.7. The second-order valence-electron chi connectivity index (χ2n) is 7.31. The van der Waals surface area contributed by atoms with E-state index in [2.05, 4.69) is 15.6 Å². The fourth-order valence-corrected chi connectivity index (χ4v) is 3.35. The molecule has 1 aromatic heterocycles. The zero-order valence-corrected chi connectivity index (χ0v) is 19.0. The van der Waals surface area contributed by atoms with Crippen LogP contribution in [0.25, 0.3) is 22.6 Å². The minimum atomic E-state index is -0.314. The average Bonchev–Trinajstić information content (AvgIpc) is 3.17. The van der Waals surface area contributed by atoms with Crippen LogP contribution < -0.4 is 15.4 Å². The Hall–Kier alpha value is -3.42. The van der Waals surface area contributed by atoms with Gasteiger partial charge in [0.05, 0.1) is 6.10 Å². The molecule has 32 heavy (non-hydrogen) atoms. The van der Waals surface area contributed by atoms with Crippen molar-refractivity contribution in [3.63, 3.8) is 0 Å². The third kappa shape index (κ3) is 5.25. The number of anilines is 1. The first-order chi connectivity index (χ1) is 15.4. The summed E-state index contributed by atoms with van der Waals surface area (Å²) in [6.07, 6.45) is 0.0655. The van der Waals surface area contributed by atoms with E-state index in [1.54, 1.807) is 54.6 Å². The molecule has 4 rings (SSSR count). The summed E-state index contributed by atoms with van der Waals surface area (Å²) in [5.41, 5.74) is 3.28. The number of fused-ring (bicyclic) bond motifs is 1. The molecule has 0 atom stereocenters. The highest BCUT2D eigenvalue weighted by atomic mass is 35.5. The maximum atomic E-state index is 12.5. The Kier molecular flexibility index (Phi) is 6.39. The molecule has 1 amide bonds. The normalized spacial score (nSPS) is 10.9. The number of thiocarbonyl (C=S) groups is 1. The van der Waals surface area contributed by atoms with Gasteiger partial charge in [-0.15, -0.1) is 0 Å². The van der Waals surface area contributed by atoms with Crippen LogP contribution in [0.4, 0.5) is 5.69 Å². The Morgan fingerprint density at radius 1 is 1.06 bits per heavy atom. The number of halogens is 1. The molecule has 162 valence electrons. The van der Waals surface area contributed by atoms with Crippen LogP contribution in [0.3, 0.4) is 0 Å². The Bertz CT molecular complexity index is 1270. The molecule has 0 bridgehead atoms. The smallest absolute Gasteiger partial charge is 0.257 e. The second-order valence-corrected chi connectivity index (χ2v) is 8.15. The molecule has 2 N–H and O–H groups in total. The fourth-order valence-electron chi connectivity index (χ4n) is 3.02. The number of carbonyl (C=O) groups is 1. The fraction of sp³-hybridized carbons (Fsp3) is 0.125. The van der Waals surface area contributed by atoms with Gasteiger partial charge in [-0.1, -0.05) is 11.6 Å². The van der Waals surface area contributed by atoms with Crippen LogP contribution >= 0.6 is 23.8 Å². The van der Waals surface area contributed by atoms with Gasteiger partial charge in [0.1, 0.15) is 11.3 Å². The highest BCUT2D eigenvalue weighted by molar-refractivity contribution is 7.80. The van der Waals surface area contributed by atoms with Crippen molar-refractivity contribution >= 4 is 51.6 Å². The molecule has 0 fully saturated rings. The van der Waals surface area contributed by atoms with Crippen molar-refractivity contribution in [2.75, 3.05) is 5.32 Å². The van der Waals surface area contributed by atoms with Gasteiger partial charge >= 0.3 is 0 Å². The van der Waals surface area contributed by atoms with Crippen molar-refractivity contribution in [1.29, 1.82) is 0 Å². The minimum Gasteiger partial charge on any atom is -0.491 e. The maximum absolute atomic E-state index is 12.5. The Morgan fingerprint density at radius 3 is 2.47 bits per heavy atom.